The number of ether oxygens (including phenoxy) is 1. The van der Waals surface area contributed by atoms with E-state index >= 15 is 0 Å². The summed E-state index contributed by atoms with van der Waals surface area (Å²) in [7, 11) is 0. The second kappa shape index (κ2) is 11.1. The number of carbonyl (C=O) groups is 2. The van der Waals surface area contributed by atoms with E-state index in [0.717, 1.165) is 0 Å². The van der Waals surface area contributed by atoms with Gasteiger partial charge in [0, 0.05) is 6.42 Å². The Bertz CT molecular complexity index is 891. The number of Topliss-reactive ketones (excluding diaryl/α,β-unsaturated/α-hetero) is 1. The predicted octanol–water partition coefficient (Wildman–Crippen LogP) is -1.07. The Labute approximate surface area is 186 Å². The molecule has 1 aromatic carbocycles. The fourth-order valence-electron chi connectivity index (χ4n) is 2.87. The molecule has 144 valence electrons. The summed E-state index contributed by atoms with van der Waals surface area (Å²) in [5, 5.41) is 15.4. The molecule has 0 fully saturated rings. The number of nitrogens with zero attached hydrogens (tertiary/aromatic N) is 2. The van der Waals surface area contributed by atoms with Gasteiger partial charge in [-0.1, -0.05) is 20.3 Å². The van der Waals surface area contributed by atoms with Crippen LogP contribution in [0.4, 0.5) is 0 Å². The van der Waals surface area contributed by atoms with E-state index in [2.05, 4.69) is 5.10 Å². The van der Waals surface area contributed by atoms with Crippen molar-refractivity contribution < 1.29 is 49.0 Å². The molecular formula is C20H23N2NaO5. The van der Waals surface area contributed by atoms with Gasteiger partial charge in [0.15, 0.2) is 11.5 Å². The van der Waals surface area contributed by atoms with Crippen molar-refractivity contribution in [1.82, 2.24) is 9.78 Å². The van der Waals surface area contributed by atoms with Crippen LogP contribution in [-0.2, 0) is 6.42 Å². The largest absolute Gasteiger partial charge is 1.00 e. The quantitative estimate of drug-likeness (QED) is 0.397. The van der Waals surface area contributed by atoms with E-state index in [4.69, 9.17) is 4.74 Å². The molecular weight excluding hydrogens is 371 g/mol. The average molecular weight is 394 g/mol. The molecule has 0 amide bonds. The standard InChI is InChI=1S/C20H24N2O5.Na/c1-4-7-15-17(16(23)8-5-2)19(24)18(20(25)26)21-22(15)13-9-11-14(12-10-13)27-6-3;/h9-12H,4-8H2,1-3H3,(H,25,26);/q;+1/p-1. The van der Waals surface area contributed by atoms with Crippen LogP contribution in [0.2, 0.25) is 0 Å². The molecule has 0 saturated heterocycles. The molecule has 2 rings (SSSR count). The van der Waals surface area contributed by atoms with Crippen LogP contribution in [0.5, 0.6) is 5.75 Å². The molecule has 0 bridgehead atoms. The second-order valence-corrected chi connectivity index (χ2v) is 6.05. The van der Waals surface area contributed by atoms with E-state index in [1.54, 1.807) is 24.3 Å². The average Bonchev–Trinajstić information content (AvgIpc) is 2.63. The van der Waals surface area contributed by atoms with Crippen molar-refractivity contribution in [3.05, 3.63) is 51.4 Å². The van der Waals surface area contributed by atoms with E-state index in [-0.39, 0.29) is 47.3 Å². The molecule has 0 spiro atoms. The molecule has 1 heterocycles. The third-order valence-electron chi connectivity index (χ3n) is 4.01. The molecule has 28 heavy (non-hydrogen) atoms. The Morgan fingerprint density at radius 3 is 2.25 bits per heavy atom. The van der Waals surface area contributed by atoms with Crippen LogP contribution in [0, 0.1) is 0 Å². The third-order valence-corrected chi connectivity index (χ3v) is 4.01. The van der Waals surface area contributed by atoms with Crippen molar-refractivity contribution >= 4 is 11.8 Å². The van der Waals surface area contributed by atoms with Gasteiger partial charge in [-0.2, -0.15) is 5.10 Å². The summed E-state index contributed by atoms with van der Waals surface area (Å²) in [4.78, 5) is 36.6. The van der Waals surface area contributed by atoms with Gasteiger partial charge in [0.25, 0.3) is 0 Å². The number of carboxylic acid groups (broad SMARTS) is 1. The third kappa shape index (κ3) is 5.31. The fraction of sp³-hybridized carbons (Fsp3) is 0.400. The van der Waals surface area contributed by atoms with Crippen molar-refractivity contribution in [3.63, 3.8) is 0 Å². The molecule has 0 unspecified atom stereocenters. The molecule has 0 radical (unpaired) electrons. The second-order valence-electron chi connectivity index (χ2n) is 6.05. The zero-order valence-electron chi connectivity index (χ0n) is 16.8. The SMILES string of the molecule is CCCC(=O)c1c(CCC)n(-c2ccc(OCC)cc2)nc(C(=O)[O-])c1=O.[Na+]. The first kappa shape index (κ1) is 24.1. The number of benzene rings is 1. The van der Waals surface area contributed by atoms with Crippen LogP contribution < -0.4 is 44.8 Å². The minimum absolute atomic E-state index is 0. The number of carbonyl (C=O) groups excluding carboxylic acids is 2. The number of rotatable bonds is 9. The van der Waals surface area contributed by atoms with Gasteiger partial charge >= 0.3 is 29.6 Å². The monoisotopic (exact) mass is 394 g/mol. The van der Waals surface area contributed by atoms with Crippen molar-refractivity contribution in [1.29, 1.82) is 0 Å². The summed E-state index contributed by atoms with van der Waals surface area (Å²) < 4.78 is 6.77. The maximum Gasteiger partial charge on any atom is 1.00 e. The molecule has 0 atom stereocenters. The van der Waals surface area contributed by atoms with Crippen molar-refractivity contribution in [2.75, 3.05) is 6.61 Å². The number of aromatic carboxylic acids is 1. The van der Waals surface area contributed by atoms with Gasteiger partial charge in [-0.05, 0) is 44.0 Å². The van der Waals surface area contributed by atoms with Crippen molar-refractivity contribution in [2.24, 2.45) is 0 Å². The summed E-state index contributed by atoms with van der Waals surface area (Å²) in [6.45, 7) is 6.12. The van der Waals surface area contributed by atoms with E-state index in [9.17, 15) is 19.5 Å². The van der Waals surface area contributed by atoms with E-state index < -0.39 is 17.1 Å². The van der Waals surface area contributed by atoms with Crippen LogP contribution in [0.25, 0.3) is 5.69 Å². The zero-order valence-corrected chi connectivity index (χ0v) is 18.8. The topological polar surface area (TPSA) is 101 Å². The smallest absolute Gasteiger partial charge is 0.543 e. The van der Waals surface area contributed by atoms with Crippen LogP contribution >= 0.6 is 0 Å². The first-order valence-electron chi connectivity index (χ1n) is 9.08. The summed E-state index contributed by atoms with van der Waals surface area (Å²) in [5.74, 6) is -1.43. The van der Waals surface area contributed by atoms with E-state index in [1.807, 2.05) is 20.8 Å². The maximum atomic E-state index is 12.6. The van der Waals surface area contributed by atoms with Gasteiger partial charge in [0.1, 0.15) is 5.75 Å². The summed E-state index contributed by atoms with van der Waals surface area (Å²) in [6.07, 6.45) is 1.78. The fourth-order valence-corrected chi connectivity index (χ4v) is 2.87. The van der Waals surface area contributed by atoms with Gasteiger partial charge in [-0.3, -0.25) is 9.59 Å². The summed E-state index contributed by atoms with van der Waals surface area (Å²) in [5.41, 5.74) is -0.797. The van der Waals surface area contributed by atoms with Crippen LogP contribution in [0.15, 0.2) is 29.1 Å². The number of hydrogen-bond donors (Lipinski definition) is 0. The molecule has 1 aromatic heterocycles. The summed E-state index contributed by atoms with van der Waals surface area (Å²) >= 11 is 0. The van der Waals surface area contributed by atoms with Gasteiger partial charge in [-0.15, -0.1) is 0 Å². The Balaban J connectivity index is 0.00000392. The predicted molar refractivity (Wildman–Crippen MR) is 98.6 cm³/mol. The van der Waals surface area contributed by atoms with E-state index in [0.29, 0.717) is 43.0 Å². The number of ketones is 1. The van der Waals surface area contributed by atoms with Crippen molar-refractivity contribution in [3.8, 4) is 11.4 Å². The molecule has 0 aliphatic heterocycles. The normalized spacial score (nSPS) is 10.2. The number of hydrogen-bond acceptors (Lipinski definition) is 6. The maximum absolute atomic E-state index is 12.6. The first-order valence-corrected chi connectivity index (χ1v) is 9.08. The number of carboxylic acids is 1. The molecule has 8 heteroatoms. The zero-order chi connectivity index (χ0) is 20.0. The molecule has 0 N–H and O–H groups in total. The van der Waals surface area contributed by atoms with Gasteiger partial charge < -0.3 is 14.6 Å². The molecule has 7 nitrogen and oxygen atoms in total. The van der Waals surface area contributed by atoms with Crippen LogP contribution in [0.3, 0.4) is 0 Å². The molecule has 2 aromatic rings. The van der Waals surface area contributed by atoms with Crippen LogP contribution in [-0.4, -0.2) is 28.1 Å². The number of aromatic nitrogens is 2. The Hall–Kier alpha value is -1.96. The van der Waals surface area contributed by atoms with Crippen molar-refractivity contribution in [2.45, 2.75) is 46.5 Å². The minimum atomic E-state index is -1.70. The Morgan fingerprint density at radius 1 is 1.11 bits per heavy atom. The Kier molecular flexibility index (Phi) is 9.58. The van der Waals surface area contributed by atoms with Gasteiger partial charge in [-0.25, -0.2) is 4.68 Å². The first-order chi connectivity index (χ1) is 12.9. The minimum Gasteiger partial charge on any atom is -0.543 e. The Morgan fingerprint density at radius 2 is 1.75 bits per heavy atom. The summed E-state index contributed by atoms with van der Waals surface area (Å²) in [6, 6.07) is 6.85. The van der Waals surface area contributed by atoms with Crippen LogP contribution in [0.1, 0.15) is 66.6 Å². The molecule has 0 saturated carbocycles. The molecule has 0 aliphatic rings. The van der Waals surface area contributed by atoms with Gasteiger partial charge in [0.2, 0.25) is 5.43 Å². The molecule has 0 aliphatic carbocycles. The van der Waals surface area contributed by atoms with Gasteiger partial charge in [0.05, 0.1) is 29.5 Å². The van der Waals surface area contributed by atoms with E-state index in [1.165, 1.54) is 4.68 Å².